The van der Waals surface area contributed by atoms with Crippen LogP contribution in [0.5, 0.6) is 0 Å². The van der Waals surface area contributed by atoms with Crippen molar-refractivity contribution in [2.24, 2.45) is 23.7 Å². The number of cyclic esters (lactones) is 1. The Labute approximate surface area is 119 Å². The fourth-order valence-electron chi connectivity index (χ4n) is 4.80. The van der Waals surface area contributed by atoms with Crippen molar-refractivity contribution in [3.05, 3.63) is 11.6 Å². The van der Waals surface area contributed by atoms with Gasteiger partial charge in [0.1, 0.15) is 6.10 Å². The molecule has 0 bridgehead atoms. The first-order valence-corrected chi connectivity index (χ1v) is 7.79. The molecule has 3 fully saturated rings. The third-order valence-electron chi connectivity index (χ3n) is 5.78. The van der Waals surface area contributed by atoms with Crippen LogP contribution in [0.3, 0.4) is 0 Å². The standard InChI is InChI=1S/C16H22O4/c1-9-13-8-16(18-5-6-19-16)4-3-11(13)7-12-14(9)10(2)20-15(12)17/h7,9-10,12-14H,3-6,8H2,1-2H3/t9-,10+,12+,13-,14+/m1/s1. The van der Waals surface area contributed by atoms with Crippen molar-refractivity contribution in [2.75, 3.05) is 13.2 Å². The van der Waals surface area contributed by atoms with E-state index in [1.54, 1.807) is 0 Å². The molecular formula is C16H22O4. The van der Waals surface area contributed by atoms with Crippen LogP contribution in [0.1, 0.15) is 33.1 Å². The lowest BCUT2D eigenvalue weighted by atomic mass is 9.62. The lowest BCUT2D eigenvalue weighted by Gasteiger charge is -2.45. The fraction of sp³-hybridized carbons (Fsp3) is 0.812. The van der Waals surface area contributed by atoms with Crippen molar-refractivity contribution < 1.29 is 19.0 Å². The fourth-order valence-corrected chi connectivity index (χ4v) is 4.80. The van der Waals surface area contributed by atoms with Crippen LogP contribution in [0.4, 0.5) is 0 Å². The van der Waals surface area contributed by atoms with Crippen LogP contribution in [-0.4, -0.2) is 31.1 Å². The maximum atomic E-state index is 12.0. The minimum absolute atomic E-state index is 0.0225. The zero-order chi connectivity index (χ0) is 13.9. The number of carbonyl (C=O) groups is 1. The van der Waals surface area contributed by atoms with Crippen LogP contribution in [0, 0.1) is 23.7 Å². The summed E-state index contributed by atoms with van der Waals surface area (Å²) in [5, 5.41) is 0. The second-order valence-corrected chi connectivity index (χ2v) is 6.76. The van der Waals surface area contributed by atoms with E-state index in [0.717, 1.165) is 19.3 Å². The first-order chi connectivity index (χ1) is 9.60. The number of rotatable bonds is 0. The molecule has 2 aliphatic carbocycles. The minimum atomic E-state index is -0.351. The summed E-state index contributed by atoms with van der Waals surface area (Å²) in [7, 11) is 0. The van der Waals surface area contributed by atoms with Crippen molar-refractivity contribution in [1.82, 2.24) is 0 Å². The Kier molecular flexibility index (Phi) is 2.77. The zero-order valence-electron chi connectivity index (χ0n) is 12.1. The molecule has 4 nitrogen and oxygen atoms in total. The Balaban J connectivity index is 1.65. The molecule has 0 unspecified atom stereocenters. The van der Waals surface area contributed by atoms with Gasteiger partial charge in [0.05, 0.1) is 19.1 Å². The van der Waals surface area contributed by atoms with Gasteiger partial charge < -0.3 is 14.2 Å². The molecule has 2 saturated heterocycles. The van der Waals surface area contributed by atoms with Crippen LogP contribution in [0.15, 0.2) is 11.6 Å². The molecule has 4 aliphatic rings. The summed E-state index contributed by atoms with van der Waals surface area (Å²) in [4.78, 5) is 12.0. The molecule has 0 aromatic rings. The lowest BCUT2D eigenvalue weighted by molar-refractivity contribution is -0.185. The average Bonchev–Trinajstić information content (AvgIpc) is 2.97. The second-order valence-electron chi connectivity index (χ2n) is 6.76. The third-order valence-corrected chi connectivity index (χ3v) is 5.78. The van der Waals surface area contributed by atoms with Crippen LogP contribution in [0.2, 0.25) is 0 Å². The highest BCUT2D eigenvalue weighted by molar-refractivity contribution is 5.78. The summed E-state index contributed by atoms with van der Waals surface area (Å²) < 4.78 is 17.2. The highest BCUT2D eigenvalue weighted by atomic mass is 16.7. The van der Waals surface area contributed by atoms with E-state index in [4.69, 9.17) is 14.2 Å². The van der Waals surface area contributed by atoms with Gasteiger partial charge in [-0.1, -0.05) is 18.6 Å². The van der Waals surface area contributed by atoms with Gasteiger partial charge in [-0.2, -0.15) is 0 Å². The SMILES string of the molecule is C[C@H]1[C@H]2[C@H](C)OC(=O)[C@H]2C=C2CCC3(C[C@@H]21)OCCO3. The normalized spacial score (nSPS) is 45.8. The topological polar surface area (TPSA) is 44.8 Å². The van der Waals surface area contributed by atoms with Gasteiger partial charge in [0, 0.05) is 18.8 Å². The summed E-state index contributed by atoms with van der Waals surface area (Å²) in [6.45, 7) is 5.72. The maximum Gasteiger partial charge on any atom is 0.313 e. The minimum Gasteiger partial charge on any atom is -0.462 e. The van der Waals surface area contributed by atoms with Gasteiger partial charge in [-0.05, 0) is 25.2 Å². The second kappa shape index (κ2) is 4.31. The van der Waals surface area contributed by atoms with Crippen molar-refractivity contribution in [2.45, 2.75) is 45.0 Å². The van der Waals surface area contributed by atoms with E-state index >= 15 is 0 Å². The molecule has 1 spiro atoms. The largest absolute Gasteiger partial charge is 0.462 e. The number of hydrogen-bond donors (Lipinski definition) is 0. The van der Waals surface area contributed by atoms with E-state index in [9.17, 15) is 4.79 Å². The number of carbonyl (C=O) groups excluding carboxylic acids is 1. The molecule has 4 rings (SSSR count). The first kappa shape index (κ1) is 12.8. The van der Waals surface area contributed by atoms with Gasteiger partial charge in [-0.3, -0.25) is 4.79 Å². The maximum absolute atomic E-state index is 12.0. The Bertz CT molecular complexity index is 463. The molecule has 0 amide bonds. The lowest BCUT2D eigenvalue weighted by Crippen LogP contribution is -2.44. The average molecular weight is 278 g/mol. The van der Waals surface area contributed by atoms with Crippen LogP contribution < -0.4 is 0 Å². The molecule has 0 aromatic carbocycles. The van der Waals surface area contributed by atoms with Gasteiger partial charge >= 0.3 is 5.97 Å². The van der Waals surface area contributed by atoms with Crippen molar-refractivity contribution in [3.8, 4) is 0 Å². The summed E-state index contributed by atoms with van der Waals surface area (Å²) in [6, 6.07) is 0. The first-order valence-electron chi connectivity index (χ1n) is 7.79. The van der Waals surface area contributed by atoms with E-state index in [1.165, 1.54) is 5.57 Å². The molecule has 2 heterocycles. The van der Waals surface area contributed by atoms with E-state index in [2.05, 4.69) is 13.0 Å². The Hall–Kier alpha value is -0.870. The Morgan fingerprint density at radius 3 is 2.75 bits per heavy atom. The highest BCUT2D eigenvalue weighted by Crippen LogP contribution is 2.52. The highest BCUT2D eigenvalue weighted by Gasteiger charge is 2.53. The van der Waals surface area contributed by atoms with Gasteiger partial charge in [-0.25, -0.2) is 0 Å². The van der Waals surface area contributed by atoms with Crippen LogP contribution >= 0.6 is 0 Å². The number of ether oxygens (including phenoxy) is 3. The number of allylic oxidation sites excluding steroid dienone is 1. The van der Waals surface area contributed by atoms with Crippen LogP contribution in [-0.2, 0) is 19.0 Å². The molecule has 20 heavy (non-hydrogen) atoms. The number of hydrogen-bond acceptors (Lipinski definition) is 4. The quantitative estimate of drug-likeness (QED) is 0.504. The van der Waals surface area contributed by atoms with Crippen LogP contribution in [0.25, 0.3) is 0 Å². The Morgan fingerprint density at radius 2 is 2.00 bits per heavy atom. The molecule has 5 atom stereocenters. The van der Waals surface area contributed by atoms with E-state index < -0.39 is 0 Å². The molecule has 110 valence electrons. The van der Waals surface area contributed by atoms with E-state index in [-0.39, 0.29) is 23.8 Å². The number of fused-ring (bicyclic) bond motifs is 2. The molecule has 4 heteroatoms. The van der Waals surface area contributed by atoms with E-state index in [0.29, 0.717) is 31.0 Å². The van der Waals surface area contributed by atoms with Crippen molar-refractivity contribution in [3.63, 3.8) is 0 Å². The van der Waals surface area contributed by atoms with Gasteiger partial charge in [-0.15, -0.1) is 0 Å². The van der Waals surface area contributed by atoms with Gasteiger partial charge in [0.25, 0.3) is 0 Å². The predicted molar refractivity (Wildman–Crippen MR) is 71.8 cm³/mol. The van der Waals surface area contributed by atoms with Gasteiger partial charge in [0.15, 0.2) is 5.79 Å². The summed E-state index contributed by atoms with van der Waals surface area (Å²) >= 11 is 0. The molecule has 0 radical (unpaired) electrons. The monoisotopic (exact) mass is 278 g/mol. The number of esters is 1. The smallest absolute Gasteiger partial charge is 0.313 e. The Morgan fingerprint density at radius 1 is 1.25 bits per heavy atom. The summed E-state index contributed by atoms with van der Waals surface area (Å²) in [5.74, 6) is 0.828. The molecule has 0 N–H and O–H groups in total. The predicted octanol–water partition coefficient (Wildman–Crippen LogP) is 2.28. The molecular weight excluding hydrogens is 256 g/mol. The summed E-state index contributed by atoms with van der Waals surface area (Å²) in [5.41, 5.74) is 1.43. The molecule has 1 saturated carbocycles. The molecule has 2 aliphatic heterocycles. The molecule has 0 aromatic heterocycles. The van der Waals surface area contributed by atoms with Gasteiger partial charge in [0.2, 0.25) is 0 Å². The van der Waals surface area contributed by atoms with E-state index in [1.807, 2.05) is 6.92 Å². The third kappa shape index (κ3) is 1.70. The van der Waals surface area contributed by atoms with Crippen molar-refractivity contribution >= 4 is 5.97 Å². The zero-order valence-corrected chi connectivity index (χ0v) is 12.1. The summed E-state index contributed by atoms with van der Waals surface area (Å²) in [6.07, 6.45) is 5.07. The van der Waals surface area contributed by atoms with Crippen molar-refractivity contribution in [1.29, 1.82) is 0 Å².